The van der Waals surface area contributed by atoms with Crippen LogP contribution >= 0.6 is 12.4 Å². The summed E-state index contributed by atoms with van der Waals surface area (Å²) < 4.78 is 0. The van der Waals surface area contributed by atoms with E-state index in [1.807, 2.05) is 0 Å². The fraction of sp³-hybridized carbons (Fsp3) is 0.955. The van der Waals surface area contributed by atoms with Crippen LogP contribution in [0.15, 0.2) is 0 Å². The molecule has 0 radical (unpaired) electrons. The van der Waals surface area contributed by atoms with Crippen molar-refractivity contribution in [2.45, 2.75) is 110 Å². The maximum Gasteiger partial charge on any atom is 0.220 e. The van der Waals surface area contributed by atoms with Gasteiger partial charge in [-0.25, -0.2) is 0 Å². The number of nitrogens with one attached hydrogen (secondary N) is 2. The van der Waals surface area contributed by atoms with E-state index in [-0.39, 0.29) is 18.3 Å². The molecule has 0 heterocycles. The molecule has 0 aromatic carbocycles. The third-order valence-corrected chi connectivity index (χ3v) is 4.95. The van der Waals surface area contributed by atoms with Gasteiger partial charge in [-0.1, -0.05) is 96.8 Å². The molecule has 5 heteroatoms. The topological polar surface area (TPSA) is 67.2 Å². The van der Waals surface area contributed by atoms with Gasteiger partial charge in [0, 0.05) is 32.6 Å². The normalized spacial score (nSPS) is 10.6. The van der Waals surface area contributed by atoms with Gasteiger partial charge in [-0.3, -0.25) is 4.79 Å². The van der Waals surface area contributed by atoms with Crippen LogP contribution in [0.25, 0.3) is 0 Å². The van der Waals surface area contributed by atoms with Gasteiger partial charge in [0.25, 0.3) is 0 Å². The minimum atomic E-state index is 0. The number of amides is 1. The average Bonchev–Trinajstić information content (AvgIpc) is 2.64. The lowest BCUT2D eigenvalue weighted by atomic mass is 10.0. The van der Waals surface area contributed by atoms with Crippen LogP contribution in [0.1, 0.15) is 110 Å². The molecule has 0 rings (SSSR count). The highest BCUT2D eigenvalue weighted by molar-refractivity contribution is 5.85. The summed E-state index contributed by atoms with van der Waals surface area (Å²) in [6.07, 6.45) is 21.1. The molecule has 0 saturated heterocycles. The first-order valence-corrected chi connectivity index (χ1v) is 11.5. The quantitative estimate of drug-likeness (QED) is 0.226. The van der Waals surface area contributed by atoms with Crippen molar-refractivity contribution in [1.29, 1.82) is 0 Å². The second-order valence-corrected chi connectivity index (χ2v) is 7.59. The van der Waals surface area contributed by atoms with E-state index in [2.05, 4.69) is 17.6 Å². The molecule has 0 aliphatic carbocycles. The second-order valence-electron chi connectivity index (χ2n) is 7.59. The molecule has 0 spiro atoms. The van der Waals surface area contributed by atoms with Crippen LogP contribution in [0.5, 0.6) is 0 Å². The van der Waals surface area contributed by atoms with Crippen molar-refractivity contribution < 1.29 is 4.79 Å². The minimum Gasteiger partial charge on any atom is -0.355 e. The highest BCUT2D eigenvalue weighted by Gasteiger charge is 2.00. The number of carbonyl (C=O) groups excluding carboxylic acids is 1. The molecule has 0 aromatic rings. The molecule has 0 fully saturated rings. The Labute approximate surface area is 175 Å². The molecule has 164 valence electrons. The van der Waals surface area contributed by atoms with Gasteiger partial charge in [-0.15, -0.1) is 12.4 Å². The monoisotopic (exact) mass is 405 g/mol. The van der Waals surface area contributed by atoms with Crippen LogP contribution in [0, 0.1) is 0 Å². The van der Waals surface area contributed by atoms with Gasteiger partial charge >= 0.3 is 0 Å². The summed E-state index contributed by atoms with van der Waals surface area (Å²) in [7, 11) is 0. The van der Waals surface area contributed by atoms with Crippen LogP contribution in [-0.4, -0.2) is 32.1 Å². The van der Waals surface area contributed by atoms with Crippen LogP contribution in [0.2, 0.25) is 0 Å². The van der Waals surface area contributed by atoms with Gasteiger partial charge in [-0.05, 0) is 6.42 Å². The summed E-state index contributed by atoms with van der Waals surface area (Å²) >= 11 is 0. The van der Waals surface area contributed by atoms with E-state index in [9.17, 15) is 4.79 Å². The van der Waals surface area contributed by atoms with E-state index in [4.69, 9.17) is 5.73 Å². The zero-order valence-electron chi connectivity index (χ0n) is 18.0. The summed E-state index contributed by atoms with van der Waals surface area (Å²) in [5, 5.41) is 6.12. The number of rotatable bonds is 21. The van der Waals surface area contributed by atoms with Crippen molar-refractivity contribution >= 4 is 18.3 Å². The Morgan fingerprint density at radius 1 is 0.667 bits per heavy atom. The molecule has 0 aromatic heterocycles. The molecule has 0 atom stereocenters. The first-order chi connectivity index (χ1) is 12.8. The Hall–Kier alpha value is -0.320. The summed E-state index contributed by atoms with van der Waals surface area (Å²) in [6, 6.07) is 0. The lowest BCUT2D eigenvalue weighted by Crippen LogP contribution is -2.33. The Kier molecular flexibility index (Phi) is 27.5. The predicted molar refractivity (Wildman–Crippen MR) is 122 cm³/mol. The molecule has 4 nitrogen and oxygen atoms in total. The third-order valence-electron chi connectivity index (χ3n) is 4.95. The maximum absolute atomic E-state index is 11.6. The molecule has 0 bridgehead atoms. The van der Waals surface area contributed by atoms with E-state index < -0.39 is 0 Å². The highest BCUT2D eigenvalue weighted by atomic mass is 35.5. The first kappa shape index (κ1) is 28.9. The average molecular weight is 406 g/mol. The molecule has 0 aliphatic rings. The summed E-state index contributed by atoms with van der Waals surface area (Å²) in [5.74, 6) is 0.189. The van der Waals surface area contributed by atoms with Gasteiger partial charge < -0.3 is 16.4 Å². The van der Waals surface area contributed by atoms with Crippen molar-refractivity contribution in [2.24, 2.45) is 5.73 Å². The zero-order chi connectivity index (χ0) is 19.1. The Bertz CT molecular complexity index is 291. The van der Waals surface area contributed by atoms with E-state index >= 15 is 0 Å². The number of halogens is 1. The minimum absolute atomic E-state index is 0. The van der Waals surface area contributed by atoms with E-state index in [1.54, 1.807) is 0 Å². The number of unbranched alkanes of at least 4 members (excludes halogenated alkanes) is 14. The van der Waals surface area contributed by atoms with Crippen molar-refractivity contribution in [1.82, 2.24) is 10.6 Å². The van der Waals surface area contributed by atoms with Gasteiger partial charge in [0.15, 0.2) is 0 Å². The molecule has 4 N–H and O–H groups in total. The maximum atomic E-state index is 11.6. The molecule has 0 saturated carbocycles. The standard InChI is InChI=1S/C22H47N3O.ClH/c1-2-3-4-5-6-7-8-9-10-11-12-13-14-15-16-17-22(26)25-21-20-24-19-18-23;/h24H,2-21,23H2,1H3,(H,25,26);1H. The third kappa shape index (κ3) is 25.7. The van der Waals surface area contributed by atoms with Gasteiger partial charge in [0.05, 0.1) is 0 Å². The van der Waals surface area contributed by atoms with Crippen molar-refractivity contribution in [3.63, 3.8) is 0 Å². The number of carbonyl (C=O) groups is 1. The number of nitrogens with two attached hydrogens (primary N) is 1. The SMILES string of the molecule is CCCCCCCCCCCCCCCCCC(=O)NCCNCCN.Cl. The summed E-state index contributed by atoms with van der Waals surface area (Å²) in [5.41, 5.74) is 5.39. The van der Waals surface area contributed by atoms with Crippen molar-refractivity contribution in [2.75, 3.05) is 26.2 Å². The van der Waals surface area contributed by atoms with Gasteiger partial charge in [0.2, 0.25) is 5.91 Å². The predicted octanol–water partition coefficient (Wildman–Crippen LogP) is 5.33. The highest BCUT2D eigenvalue weighted by Crippen LogP contribution is 2.13. The number of hydrogen-bond donors (Lipinski definition) is 3. The summed E-state index contributed by atoms with van der Waals surface area (Å²) in [6.45, 7) is 5.25. The molecule has 0 unspecified atom stereocenters. The molecule has 1 amide bonds. The molecule has 27 heavy (non-hydrogen) atoms. The lowest BCUT2D eigenvalue weighted by molar-refractivity contribution is -0.121. The fourth-order valence-electron chi connectivity index (χ4n) is 3.26. The Morgan fingerprint density at radius 2 is 1.11 bits per heavy atom. The van der Waals surface area contributed by atoms with E-state index in [0.29, 0.717) is 19.5 Å². The van der Waals surface area contributed by atoms with Gasteiger partial charge in [-0.2, -0.15) is 0 Å². The molecule has 0 aliphatic heterocycles. The van der Waals surface area contributed by atoms with Crippen molar-refractivity contribution in [3.05, 3.63) is 0 Å². The smallest absolute Gasteiger partial charge is 0.220 e. The number of hydrogen-bond acceptors (Lipinski definition) is 3. The first-order valence-electron chi connectivity index (χ1n) is 11.5. The second kappa shape index (κ2) is 25.7. The van der Waals surface area contributed by atoms with E-state index in [1.165, 1.54) is 89.9 Å². The van der Waals surface area contributed by atoms with Crippen LogP contribution < -0.4 is 16.4 Å². The summed E-state index contributed by atoms with van der Waals surface area (Å²) in [4.78, 5) is 11.6. The Morgan fingerprint density at radius 3 is 1.56 bits per heavy atom. The largest absolute Gasteiger partial charge is 0.355 e. The fourth-order valence-corrected chi connectivity index (χ4v) is 3.26. The lowest BCUT2D eigenvalue weighted by Gasteiger charge is -2.06. The molecular formula is C22H48ClN3O. The Balaban J connectivity index is 0. The van der Waals surface area contributed by atoms with Crippen molar-refractivity contribution in [3.8, 4) is 0 Å². The van der Waals surface area contributed by atoms with Crippen LogP contribution in [0.3, 0.4) is 0 Å². The van der Waals surface area contributed by atoms with Crippen LogP contribution in [-0.2, 0) is 4.79 Å². The molecular weight excluding hydrogens is 358 g/mol. The van der Waals surface area contributed by atoms with E-state index in [0.717, 1.165) is 19.5 Å². The van der Waals surface area contributed by atoms with Crippen LogP contribution in [0.4, 0.5) is 0 Å². The van der Waals surface area contributed by atoms with Gasteiger partial charge in [0.1, 0.15) is 0 Å². The zero-order valence-corrected chi connectivity index (χ0v) is 18.9.